The van der Waals surface area contributed by atoms with Crippen LogP contribution in [0.4, 0.5) is 5.69 Å². The van der Waals surface area contributed by atoms with Gasteiger partial charge in [-0.1, -0.05) is 25.1 Å². The summed E-state index contributed by atoms with van der Waals surface area (Å²) in [5.41, 5.74) is 1.45. The van der Waals surface area contributed by atoms with Gasteiger partial charge in [-0.25, -0.2) is 0 Å². The van der Waals surface area contributed by atoms with Gasteiger partial charge in [0.1, 0.15) is 0 Å². The minimum Gasteiger partial charge on any atom is -0.366 e. The van der Waals surface area contributed by atoms with Crippen molar-refractivity contribution >= 4 is 5.69 Å². The number of hydrogen-bond donors (Lipinski definition) is 0. The lowest BCUT2D eigenvalue weighted by molar-refractivity contribution is 0.332. The Hall–Kier alpha value is -0.980. The Morgan fingerprint density at radius 3 is 1.88 bits per heavy atom. The molecule has 0 atom stereocenters. The van der Waals surface area contributed by atoms with Crippen LogP contribution >= 0.6 is 0 Å². The molecule has 2 saturated carbocycles. The highest BCUT2D eigenvalue weighted by atomic mass is 15.2. The SMILES string of the molecule is C[C@H]1CC[C@H](N(c2ccccc2)C2CC2)CC1. The van der Waals surface area contributed by atoms with E-state index in [0.717, 1.165) is 18.0 Å². The Kier molecular flexibility index (Phi) is 3.09. The van der Waals surface area contributed by atoms with Crippen molar-refractivity contribution in [1.82, 2.24) is 0 Å². The lowest BCUT2D eigenvalue weighted by Crippen LogP contribution is -2.39. The number of benzene rings is 1. The maximum Gasteiger partial charge on any atom is 0.0371 e. The third-order valence-electron chi connectivity index (χ3n) is 4.37. The summed E-state index contributed by atoms with van der Waals surface area (Å²) in [4.78, 5) is 2.73. The molecule has 0 aromatic heterocycles. The van der Waals surface area contributed by atoms with Gasteiger partial charge in [-0.2, -0.15) is 0 Å². The van der Waals surface area contributed by atoms with E-state index in [9.17, 15) is 0 Å². The predicted molar refractivity (Wildman–Crippen MR) is 73.4 cm³/mol. The molecule has 0 N–H and O–H groups in total. The quantitative estimate of drug-likeness (QED) is 0.749. The fraction of sp³-hybridized carbons (Fsp3) is 0.625. The fourth-order valence-corrected chi connectivity index (χ4v) is 3.19. The Balaban J connectivity index is 1.76. The second-order valence-electron chi connectivity index (χ2n) is 5.89. The molecule has 1 aromatic carbocycles. The Morgan fingerprint density at radius 2 is 1.35 bits per heavy atom. The number of hydrogen-bond acceptors (Lipinski definition) is 1. The molecule has 0 amide bonds. The molecule has 92 valence electrons. The van der Waals surface area contributed by atoms with Crippen LogP contribution in [0.3, 0.4) is 0 Å². The number of nitrogens with zero attached hydrogens (tertiary/aromatic N) is 1. The zero-order chi connectivity index (χ0) is 11.7. The first-order valence-electron chi connectivity index (χ1n) is 7.18. The molecule has 2 aliphatic rings. The van der Waals surface area contributed by atoms with E-state index in [0.29, 0.717) is 0 Å². The van der Waals surface area contributed by atoms with Gasteiger partial charge < -0.3 is 4.90 Å². The molecule has 1 aromatic rings. The Bertz CT molecular complexity index is 347. The van der Waals surface area contributed by atoms with Crippen molar-refractivity contribution in [2.45, 2.75) is 57.5 Å². The van der Waals surface area contributed by atoms with Crippen molar-refractivity contribution in [3.8, 4) is 0 Å². The maximum atomic E-state index is 2.73. The van der Waals surface area contributed by atoms with Crippen LogP contribution in [-0.2, 0) is 0 Å². The number of anilines is 1. The van der Waals surface area contributed by atoms with Gasteiger partial charge in [-0.3, -0.25) is 0 Å². The first-order valence-corrected chi connectivity index (χ1v) is 7.18. The van der Waals surface area contributed by atoms with Crippen LogP contribution in [0.25, 0.3) is 0 Å². The largest absolute Gasteiger partial charge is 0.366 e. The molecule has 1 heteroatoms. The van der Waals surface area contributed by atoms with E-state index < -0.39 is 0 Å². The molecule has 3 rings (SSSR count). The highest BCUT2D eigenvalue weighted by Crippen LogP contribution is 2.38. The Morgan fingerprint density at radius 1 is 0.824 bits per heavy atom. The van der Waals surface area contributed by atoms with Crippen molar-refractivity contribution in [1.29, 1.82) is 0 Å². The van der Waals surface area contributed by atoms with Gasteiger partial charge in [0.05, 0.1) is 0 Å². The van der Waals surface area contributed by atoms with Crippen LogP contribution in [0, 0.1) is 5.92 Å². The van der Waals surface area contributed by atoms with Crippen LogP contribution in [0.15, 0.2) is 30.3 Å². The summed E-state index contributed by atoms with van der Waals surface area (Å²) in [5, 5.41) is 0. The number of rotatable bonds is 3. The van der Waals surface area contributed by atoms with Gasteiger partial charge >= 0.3 is 0 Å². The lowest BCUT2D eigenvalue weighted by atomic mass is 9.86. The molecule has 0 spiro atoms. The highest BCUT2D eigenvalue weighted by Gasteiger charge is 2.35. The van der Waals surface area contributed by atoms with E-state index in [4.69, 9.17) is 0 Å². The highest BCUT2D eigenvalue weighted by molar-refractivity contribution is 5.49. The molecule has 1 nitrogen and oxygen atoms in total. The summed E-state index contributed by atoms with van der Waals surface area (Å²) in [6, 6.07) is 12.7. The van der Waals surface area contributed by atoms with E-state index in [-0.39, 0.29) is 0 Å². The minimum absolute atomic E-state index is 0.807. The normalized spacial score (nSPS) is 29.0. The molecular formula is C16H23N. The second kappa shape index (κ2) is 4.72. The van der Waals surface area contributed by atoms with E-state index in [2.05, 4.69) is 42.2 Å². The summed E-state index contributed by atoms with van der Waals surface area (Å²) in [6.07, 6.45) is 8.43. The van der Waals surface area contributed by atoms with Crippen molar-refractivity contribution in [3.63, 3.8) is 0 Å². The summed E-state index contributed by atoms with van der Waals surface area (Å²) >= 11 is 0. The number of para-hydroxylation sites is 1. The average molecular weight is 229 g/mol. The van der Waals surface area contributed by atoms with Crippen LogP contribution < -0.4 is 4.90 Å². The van der Waals surface area contributed by atoms with Crippen molar-refractivity contribution in [2.75, 3.05) is 4.90 Å². The molecule has 0 unspecified atom stereocenters. The average Bonchev–Trinajstić information content (AvgIpc) is 3.18. The molecule has 2 fully saturated rings. The zero-order valence-electron chi connectivity index (χ0n) is 10.8. The van der Waals surface area contributed by atoms with Gasteiger partial charge in [0.15, 0.2) is 0 Å². The summed E-state index contributed by atoms with van der Waals surface area (Å²) < 4.78 is 0. The molecule has 0 radical (unpaired) electrons. The molecule has 0 saturated heterocycles. The van der Waals surface area contributed by atoms with Crippen molar-refractivity contribution < 1.29 is 0 Å². The molecule has 2 aliphatic carbocycles. The zero-order valence-corrected chi connectivity index (χ0v) is 10.8. The Labute approximate surface area is 105 Å². The van der Waals surface area contributed by atoms with Gasteiger partial charge in [0, 0.05) is 17.8 Å². The molecule has 17 heavy (non-hydrogen) atoms. The van der Waals surface area contributed by atoms with Gasteiger partial charge in [-0.05, 0) is 56.6 Å². The fourth-order valence-electron chi connectivity index (χ4n) is 3.19. The first kappa shape index (κ1) is 11.1. The summed E-state index contributed by atoms with van der Waals surface area (Å²) in [5.74, 6) is 0.947. The molecular weight excluding hydrogens is 206 g/mol. The van der Waals surface area contributed by atoms with Gasteiger partial charge in [0.25, 0.3) is 0 Å². The van der Waals surface area contributed by atoms with Crippen LogP contribution in [-0.4, -0.2) is 12.1 Å². The standard InChI is InChI=1S/C16H23N/c1-13-7-9-15(10-8-13)17(16-11-12-16)14-5-3-2-4-6-14/h2-6,13,15-16H,7-12H2,1H3/t13-,15-. The third-order valence-corrected chi connectivity index (χ3v) is 4.37. The first-order chi connectivity index (χ1) is 8.34. The van der Waals surface area contributed by atoms with Crippen LogP contribution in [0.2, 0.25) is 0 Å². The molecule has 0 bridgehead atoms. The van der Waals surface area contributed by atoms with Crippen molar-refractivity contribution in [2.24, 2.45) is 5.92 Å². The molecule has 0 heterocycles. The lowest BCUT2D eigenvalue weighted by Gasteiger charge is -2.38. The smallest absolute Gasteiger partial charge is 0.0371 e. The van der Waals surface area contributed by atoms with E-state index in [1.807, 2.05) is 0 Å². The second-order valence-corrected chi connectivity index (χ2v) is 5.89. The van der Waals surface area contributed by atoms with E-state index >= 15 is 0 Å². The molecule has 0 aliphatic heterocycles. The minimum atomic E-state index is 0.807. The van der Waals surface area contributed by atoms with E-state index in [1.165, 1.54) is 44.2 Å². The topological polar surface area (TPSA) is 3.24 Å². The van der Waals surface area contributed by atoms with Crippen LogP contribution in [0.5, 0.6) is 0 Å². The third kappa shape index (κ3) is 2.48. The van der Waals surface area contributed by atoms with Crippen molar-refractivity contribution in [3.05, 3.63) is 30.3 Å². The maximum absolute atomic E-state index is 2.73. The monoisotopic (exact) mass is 229 g/mol. The summed E-state index contributed by atoms with van der Waals surface area (Å²) in [6.45, 7) is 2.40. The van der Waals surface area contributed by atoms with E-state index in [1.54, 1.807) is 0 Å². The van der Waals surface area contributed by atoms with Gasteiger partial charge in [-0.15, -0.1) is 0 Å². The van der Waals surface area contributed by atoms with Gasteiger partial charge in [0.2, 0.25) is 0 Å². The predicted octanol–water partition coefficient (Wildman–Crippen LogP) is 4.23. The summed E-state index contributed by atoms with van der Waals surface area (Å²) in [7, 11) is 0. The van der Waals surface area contributed by atoms with Crippen LogP contribution in [0.1, 0.15) is 45.4 Å².